The molecule has 0 saturated carbocycles. The van der Waals surface area contributed by atoms with Gasteiger partial charge in [-0.3, -0.25) is 9.59 Å². The molecule has 2 aliphatic heterocycles. The molecule has 0 aromatic carbocycles. The SMILES string of the molecule is CCC(C)(C)C(=O)C(=O)N1CCC[C@H]1c1nnc(C2CCCN2)o1. The zero-order valence-corrected chi connectivity index (χ0v) is 14.7. The first-order chi connectivity index (χ1) is 11.4. The van der Waals surface area contributed by atoms with Gasteiger partial charge in [-0.2, -0.15) is 0 Å². The normalized spacial score (nSPS) is 24.5. The van der Waals surface area contributed by atoms with Crippen molar-refractivity contribution in [2.75, 3.05) is 13.1 Å². The summed E-state index contributed by atoms with van der Waals surface area (Å²) in [6.45, 7) is 7.07. The molecule has 0 radical (unpaired) electrons. The Bertz CT molecular complexity index is 619. The van der Waals surface area contributed by atoms with Gasteiger partial charge in [0.05, 0.1) is 6.04 Å². The molecule has 3 rings (SSSR count). The van der Waals surface area contributed by atoms with E-state index in [2.05, 4.69) is 15.5 Å². The minimum Gasteiger partial charge on any atom is -0.421 e. The Morgan fingerprint density at radius 3 is 2.67 bits per heavy atom. The third kappa shape index (κ3) is 3.09. The lowest BCUT2D eigenvalue weighted by Gasteiger charge is -2.26. The van der Waals surface area contributed by atoms with Crippen LogP contribution in [-0.2, 0) is 9.59 Å². The van der Waals surface area contributed by atoms with E-state index in [1.807, 2.05) is 20.8 Å². The van der Waals surface area contributed by atoms with Crippen LogP contribution < -0.4 is 5.32 Å². The highest BCUT2D eigenvalue weighted by molar-refractivity contribution is 6.38. The lowest BCUT2D eigenvalue weighted by Crippen LogP contribution is -2.42. The van der Waals surface area contributed by atoms with E-state index in [-0.39, 0.29) is 17.9 Å². The van der Waals surface area contributed by atoms with Crippen molar-refractivity contribution in [1.82, 2.24) is 20.4 Å². The Morgan fingerprint density at radius 1 is 1.25 bits per heavy atom. The summed E-state index contributed by atoms with van der Waals surface area (Å²) in [5.41, 5.74) is -0.641. The number of hydrogen-bond donors (Lipinski definition) is 1. The zero-order valence-electron chi connectivity index (χ0n) is 14.7. The quantitative estimate of drug-likeness (QED) is 0.830. The van der Waals surface area contributed by atoms with Crippen LogP contribution in [0.3, 0.4) is 0 Å². The number of carbonyl (C=O) groups is 2. The second-order valence-corrected chi connectivity index (χ2v) is 7.35. The third-order valence-corrected chi connectivity index (χ3v) is 5.31. The highest BCUT2D eigenvalue weighted by atomic mass is 16.4. The summed E-state index contributed by atoms with van der Waals surface area (Å²) < 4.78 is 5.83. The molecule has 2 aliphatic rings. The second kappa shape index (κ2) is 6.63. The van der Waals surface area contributed by atoms with Crippen LogP contribution in [0.2, 0.25) is 0 Å². The maximum atomic E-state index is 12.7. The molecule has 1 unspecified atom stereocenters. The number of nitrogens with one attached hydrogen (secondary N) is 1. The van der Waals surface area contributed by atoms with Crippen LogP contribution in [0.4, 0.5) is 0 Å². The molecule has 1 amide bonds. The van der Waals surface area contributed by atoms with Crippen molar-refractivity contribution in [3.8, 4) is 0 Å². The van der Waals surface area contributed by atoms with Crippen molar-refractivity contribution in [2.45, 2.75) is 65.0 Å². The first kappa shape index (κ1) is 17.1. The predicted octanol–water partition coefficient (Wildman–Crippen LogP) is 2.16. The van der Waals surface area contributed by atoms with Crippen molar-refractivity contribution >= 4 is 11.7 Å². The smallest absolute Gasteiger partial charge is 0.291 e. The first-order valence-corrected chi connectivity index (χ1v) is 8.86. The van der Waals surface area contributed by atoms with Gasteiger partial charge in [0.15, 0.2) is 0 Å². The molecule has 2 atom stereocenters. The second-order valence-electron chi connectivity index (χ2n) is 7.35. The van der Waals surface area contributed by atoms with Gasteiger partial charge in [0.25, 0.3) is 5.91 Å². The van der Waals surface area contributed by atoms with Gasteiger partial charge in [-0.05, 0) is 38.6 Å². The Hall–Kier alpha value is -1.76. The molecule has 1 aromatic heterocycles. The fourth-order valence-electron chi connectivity index (χ4n) is 3.26. The maximum absolute atomic E-state index is 12.7. The lowest BCUT2D eigenvalue weighted by atomic mass is 9.84. The van der Waals surface area contributed by atoms with E-state index in [0.29, 0.717) is 24.7 Å². The van der Waals surface area contributed by atoms with E-state index in [1.165, 1.54) is 0 Å². The molecule has 7 heteroatoms. The van der Waals surface area contributed by atoms with Crippen molar-refractivity contribution < 1.29 is 14.0 Å². The van der Waals surface area contributed by atoms with E-state index >= 15 is 0 Å². The van der Waals surface area contributed by atoms with E-state index in [9.17, 15) is 9.59 Å². The molecule has 7 nitrogen and oxygen atoms in total. The van der Waals surface area contributed by atoms with Crippen molar-refractivity contribution in [1.29, 1.82) is 0 Å². The molecule has 1 aromatic rings. The third-order valence-electron chi connectivity index (χ3n) is 5.31. The van der Waals surface area contributed by atoms with Gasteiger partial charge >= 0.3 is 0 Å². The van der Waals surface area contributed by atoms with Crippen molar-refractivity contribution in [2.24, 2.45) is 5.41 Å². The Balaban J connectivity index is 1.76. The fraction of sp³-hybridized carbons (Fsp3) is 0.765. The van der Waals surface area contributed by atoms with Gasteiger partial charge in [0.1, 0.15) is 6.04 Å². The number of carbonyl (C=O) groups excluding carboxylic acids is 2. The van der Waals surface area contributed by atoms with Crippen LogP contribution in [0.25, 0.3) is 0 Å². The minimum absolute atomic E-state index is 0.109. The number of Topliss-reactive ketones (excluding diaryl/α,β-unsaturated/α-hetero) is 1. The summed E-state index contributed by atoms with van der Waals surface area (Å²) in [7, 11) is 0. The molecule has 0 bridgehead atoms. The maximum Gasteiger partial charge on any atom is 0.291 e. The molecule has 0 spiro atoms. The van der Waals surface area contributed by atoms with Gasteiger partial charge in [-0.15, -0.1) is 10.2 Å². The number of nitrogens with zero attached hydrogens (tertiary/aromatic N) is 3. The highest BCUT2D eigenvalue weighted by Gasteiger charge is 2.41. The average Bonchev–Trinajstić information content (AvgIpc) is 3.32. The average molecular weight is 334 g/mol. The van der Waals surface area contributed by atoms with Crippen LogP contribution in [0.1, 0.15) is 76.7 Å². The molecule has 2 fully saturated rings. The Kier molecular flexibility index (Phi) is 4.71. The molecule has 2 saturated heterocycles. The van der Waals surface area contributed by atoms with Gasteiger partial charge < -0.3 is 14.6 Å². The number of amides is 1. The Morgan fingerprint density at radius 2 is 2.00 bits per heavy atom. The standard InChI is InChI=1S/C17H26N4O3/c1-4-17(2,3)13(22)16(23)21-10-6-8-12(21)15-20-19-14(24-15)11-7-5-9-18-11/h11-12,18H,4-10H2,1-3H3/t11?,12-/m0/s1. The molecular weight excluding hydrogens is 308 g/mol. The van der Waals surface area contributed by atoms with Gasteiger partial charge in [0.2, 0.25) is 17.6 Å². The van der Waals surface area contributed by atoms with Gasteiger partial charge in [0, 0.05) is 12.0 Å². The predicted molar refractivity (Wildman–Crippen MR) is 87.0 cm³/mol. The number of aromatic nitrogens is 2. The molecule has 24 heavy (non-hydrogen) atoms. The largest absolute Gasteiger partial charge is 0.421 e. The van der Waals surface area contributed by atoms with Crippen LogP contribution in [0, 0.1) is 5.41 Å². The minimum atomic E-state index is -0.641. The lowest BCUT2D eigenvalue weighted by molar-refractivity contribution is -0.150. The summed E-state index contributed by atoms with van der Waals surface area (Å²) >= 11 is 0. The van der Waals surface area contributed by atoms with Gasteiger partial charge in [-0.25, -0.2) is 0 Å². The van der Waals surface area contributed by atoms with Crippen LogP contribution in [0.15, 0.2) is 4.42 Å². The number of rotatable bonds is 5. The van der Waals surface area contributed by atoms with E-state index in [0.717, 1.165) is 32.2 Å². The fourth-order valence-corrected chi connectivity index (χ4v) is 3.26. The molecule has 3 heterocycles. The summed E-state index contributed by atoms with van der Waals surface area (Å²) in [6.07, 6.45) is 4.31. The monoisotopic (exact) mass is 334 g/mol. The van der Waals surface area contributed by atoms with Crippen molar-refractivity contribution in [3.05, 3.63) is 11.8 Å². The van der Waals surface area contributed by atoms with Gasteiger partial charge in [-0.1, -0.05) is 20.8 Å². The number of hydrogen-bond acceptors (Lipinski definition) is 6. The highest BCUT2D eigenvalue weighted by Crippen LogP contribution is 2.34. The zero-order chi connectivity index (χ0) is 17.3. The molecule has 1 N–H and O–H groups in total. The van der Waals surface area contributed by atoms with Crippen molar-refractivity contribution in [3.63, 3.8) is 0 Å². The molecular formula is C17H26N4O3. The van der Waals surface area contributed by atoms with E-state index in [4.69, 9.17) is 4.42 Å². The molecule has 132 valence electrons. The van der Waals surface area contributed by atoms with Crippen LogP contribution in [0.5, 0.6) is 0 Å². The summed E-state index contributed by atoms with van der Waals surface area (Å²) in [4.78, 5) is 26.8. The van der Waals surface area contributed by atoms with E-state index < -0.39 is 11.3 Å². The number of ketones is 1. The summed E-state index contributed by atoms with van der Waals surface area (Å²) in [5.74, 6) is 0.269. The van der Waals surface area contributed by atoms with Crippen LogP contribution >= 0.6 is 0 Å². The number of likely N-dealkylation sites (tertiary alicyclic amines) is 1. The summed E-state index contributed by atoms with van der Waals surface area (Å²) in [5, 5.41) is 11.6. The Labute approximate surface area is 142 Å². The van der Waals surface area contributed by atoms with Crippen LogP contribution in [-0.4, -0.2) is 39.9 Å². The summed E-state index contributed by atoms with van der Waals surface area (Å²) in [6, 6.07) is -0.172. The molecule has 0 aliphatic carbocycles. The topological polar surface area (TPSA) is 88.3 Å². The van der Waals surface area contributed by atoms with E-state index in [1.54, 1.807) is 4.90 Å². The first-order valence-electron chi connectivity index (χ1n) is 8.86.